The summed E-state index contributed by atoms with van der Waals surface area (Å²) in [5, 5.41) is 25.4. The van der Waals surface area contributed by atoms with Crippen molar-refractivity contribution in [2.45, 2.75) is 68.7 Å². The van der Waals surface area contributed by atoms with Crippen molar-refractivity contribution in [1.82, 2.24) is 9.47 Å². The van der Waals surface area contributed by atoms with Gasteiger partial charge in [-0.05, 0) is 85.5 Å². The second-order valence-electron chi connectivity index (χ2n) is 13.0. The second kappa shape index (κ2) is 7.68. The molecule has 1 saturated carbocycles. The van der Waals surface area contributed by atoms with Gasteiger partial charge in [0.15, 0.2) is 17.6 Å². The van der Waals surface area contributed by atoms with E-state index in [-0.39, 0.29) is 17.6 Å². The van der Waals surface area contributed by atoms with Crippen LogP contribution in [0.1, 0.15) is 58.9 Å². The van der Waals surface area contributed by atoms with E-state index in [2.05, 4.69) is 40.7 Å². The van der Waals surface area contributed by atoms with Crippen LogP contribution in [0.5, 0.6) is 11.5 Å². The lowest BCUT2D eigenvalue weighted by Crippen LogP contribution is -2.74. The molecule has 2 N–H and O–H groups in total. The number of halogens is 1. The number of para-hydroxylation sites is 1. The molecule has 0 amide bonds. The van der Waals surface area contributed by atoms with Gasteiger partial charge in [-0.2, -0.15) is 0 Å². The van der Waals surface area contributed by atoms with Crippen molar-refractivity contribution in [1.29, 1.82) is 0 Å². The first-order valence-electron chi connectivity index (χ1n) is 14.7. The molecule has 1 aromatic heterocycles. The fourth-order valence-electron chi connectivity index (χ4n) is 9.03. The van der Waals surface area contributed by atoms with Crippen LogP contribution >= 0.6 is 0 Å². The van der Waals surface area contributed by atoms with Crippen LogP contribution in [-0.2, 0) is 24.8 Å². The first kappa shape index (κ1) is 23.4. The number of nitrogens with zero attached hydrogens (tertiary/aromatic N) is 2. The summed E-state index contributed by atoms with van der Waals surface area (Å²) in [6.07, 6.45) is 4.27. The number of phenols is 1. The minimum absolute atomic E-state index is 0.00407. The monoisotopic (exact) mass is 536 g/mol. The minimum Gasteiger partial charge on any atom is -0.504 e. The van der Waals surface area contributed by atoms with Gasteiger partial charge in [-0.3, -0.25) is 4.90 Å². The Morgan fingerprint density at radius 2 is 1.90 bits per heavy atom. The maximum atomic E-state index is 13.8. The molecule has 1 saturated heterocycles. The average Bonchev–Trinajstić information content (AvgIpc) is 3.61. The van der Waals surface area contributed by atoms with Crippen LogP contribution in [0.4, 0.5) is 4.39 Å². The third-order valence-corrected chi connectivity index (χ3v) is 10.9. The number of aromatic nitrogens is 1. The number of benzene rings is 3. The van der Waals surface area contributed by atoms with E-state index in [9.17, 15) is 14.6 Å². The van der Waals surface area contributed by atoms with E-state index in [0.717, 1.165) is 65.1 Å². The largest absolute Gasteiger partial charge is 0.504 e. The molecule has 5 nitrogen and oxygen atoms in total. The van der Waals surface area contributed by atoms with E-state index in [1.807, 2.05) is 12.1 Å². The number of likely N-dealkylation sites (tertiary alicyclic amines) is 1. The van der Waals surface area contributed by atoms with Gasteiger partial charge in [-0.1, -0.05) is 36.4 Å². The summed E-state index contributed by atoms with van der Waals surface area (Å²) in [5.41, 5.74) is 6.16. The fourth-order valence-corrected chi connectivity index (χ4v) is 9.03. The van der Waals surface area contributed by atoms with Crippen molar-refractivity contribution in [2.24, 2.45) is 5.92 Å². The van der Waals surface area contributed by atoms with Gasteiger partial charge < -0.3 is 19.5 Å². The van der Waals surface area contributed by atoms with Crippen LogP contribution in [0, 0.1) is 18.7 Å². The van der Waals surface area contributed by atoms with E-state index < -0.39 is 17.1 Å². The Bertz CT molecular complexity index is 1720. The number of ether oxygens (including phenoxy) is 1. The van der Waals surface area contributed by atoms with Crippen molar-refractivity contribution in [3.8, 4) is 11.5 Å². The topological polar surface area (TPSA) is 57.9 Å². The van der Waals surface area contributed by atoms with Gasteiger partial charge in [-0.25, -0.2) is 4.39 Å². The van der Waals surface area contributed by atoms with Gasteiger partial charge in [0.1, 0.15) is 5.82 Å². The van der Waals surface area contributed by atoms with Crippen LogP contribution in [0.15, 0.2) is 54.6 Å². The zero-order valence-corrected chi connectivity index (χ0v) is 22.7. The van der Waals surface area contributed by atoms with Gasteiger partial charge in [0.25, 0.3) is 0 Å². The molecule has 6 heteroatoms. The molecule has 1 spiro atoms. The predicted octanol–water partition coefficient (Wildman–Crippen LogP) is 5.54. The Hall–Kier alpha value is -3.35. The molecule has 40 heavy (non-hydrogen) atoms. The Morgan fingerprint density at radius 3 is 2.70 bits per heavy atom. The smallest absolute Gasteiger partial charge is 0.166 e. The SMILES string of the molecule is Cc1cccc2c3c(n(Cc4ccc(F)cc4)c12)[C@@H]1Oc2c(O)ccc4c2[C@@]12CCN(CC1CC1)[C@H](C4)[C@]2(O)C3. The molecule has 9 rings (SSSR count). The van der Waals surface area contributed by atoms with Crippen LogP contribution < -0.4 is 4.74 Å². The van der Waals surface area contributed by atoms with Crippen LogP contribution in [0.2, 0.25) is 0 Å². The molecule has 4 aromatic rings. The number of aryl methyl sites for hydroxylation is 1. The fraction of sp³-hybridized carbons (Fsp3) is 0.412. The van der Waals surface area contributed by atoms with Crippen molar-refractivity contribution in [3.63, 3.8) is 0 Å². The van der Waals surface area contributed by atoms with Gasteiger partial charge in [0.2, 0.25) is 0 Å². The van der Waals surface area contributed by atoms with E-state index in [0.29, 0.717) is 18.7 Å². The molecule has 0 radical (unpaired) electrons. The van der Waals surface area contributed by atoms with Crippen LogP contribution in [-0.4, -0.2) is 44.4 Å². The Balaban J connectivity index is 1.32. The molecule has 204 valence electrons. The minimum atomic E-state index is -1.01. The average molecular weight is 537 g/mol. The molecule has 0 unspecified atom stereocenters. The third kappa shape index (κ3) is 2.79. The van der Waals surface area contributed by atoms with Gasteiger partial charge >= 0.3 is 0 Å². The van der Waals surface area contributed by atoms with Crippen LogP contribution in [0.25, 0.3) is 10.9 Å². The molecule has 2 fully saturated rings. The van der Waals surface area contributed by atoms with E-state index in [4.69, 9.17) is 4.74 Å². The first-order valence-corrected chi connectivity index (χ1v) is 14.7. The lowest BCUT2D eigenvalue weighted by Gasteiger charge is -2.63. The van der Waals surface area contributed by atoms with E-state index >= 15 is 0 Å². The summed E-state index contributed by atoms with van der Waals surface area (Å²) in [6.45, 7) is 4.69. The maximum Gasteiger partial charge on any atom is 0.166 e. The lowest BCUT2D eigenvalue weighted by atomic mass is 9.49. The molecule has 5 aliphatic rings. The number of piperidine rings is 1. The van der Waals surface area contributed by atoms with E-state index in [1.165, 1.54) is 36.1 Å². The number of aromatic hydroxyl groups is 1. The molecule has 3 heterocycles. The number of aliphatic hydroxyl groups is 1. The summed E-state index contributed by atoms with van der Waals surface area (Å²) >= 11 is 0. The molecular formula is C34H33FN2O3. The highest BCUT2D eigenvalue weighted by atomic mass is 19.1. The van der Waals surface area contributed by atoms with Gasteiger partial charge in [0.05, 0.1) is 22.2 Å². The van der Waals surface area contributed by atoms with Gasteiger partial charge in [0, 0.05) is 36.5 Å². The number of phenolic OH excluding ortho intramolecular Hbond substituents is 1. The van der Waals surface area contributed by atoms with Crippen molar-refractivity contribution >= 4 is 10.9 Å². The zero-order valence-electron chi connectivity index (χ0n) is 22.7. The Kier molecular flexibility index (Phi) is 4.49. The molecule has 4 atom stereocenters. The molecule has 3 aromatic carbocycles. The second-order valence-corrected chi connectivity index (χ2v) is 13.0. The number of fused-ring (bicyclic) bond motifs is 4. The highest BCUT2D eigenvalue weighted by Gasteiger charge is 2.73. The maximum absolute atomic E-state index is 13.8. The summed E-state index contributed by atoms with van der Waals surface area (Å²) in [6, 6.07) is 17.0. The number of rotatable bonds is 4. The molecule has 2 aliphatic heterocycles. The number of hydrogen-bond acceptors (Lipinski definition) is 4. The molecular weight excluding hydrogens is 503 g/mol. The normalized spacial score (nSPS) is 29.8. The van der Waals surface area contributed by atoms with Crippen molar-refractivity contribution in [2.75, 3.05) is 13.1 Å². The van der Waals surface area contributed by atoms with E-state index in [1.54, 1.807) is 6.07 Å². The highest BCUT2D eigenvalue weighted by Crippen LogP contribution is 2.69. The summed E-state index contributed by atoms with van der Waals surface area (Å²) in [5.74, 6) is 1.21. The van der Waals surface area contributed by atoms with Crippen molar-refractivity contribution < 1.29 is 19.3 Å². The molecule has 3 aliphatic carbocycles. The summed E-state index contributed by atoms with van der Waals surface area (Å²) < 4.78 is 23.1. The quantitative estimate of drug-likeness (QED) is 0.360. The zero-order chi connectivity index (χ0) is 27.0. The third-order valence-electron chi connectivity index (χ3n) is 10.9. The van der Waals surface area contributed by atoms with Crippen LogP contribution in [0.3, 0.4) is 0 Å². The predicted molar refractivity (Wildman–Crippen MR) is 150 cm³/mol. The Labute approximate surface area is 232 Å². The Morgan fingerprint density at radius 1 is 1.07 bits per heavy atom. The van der Waals surface area contributed by atoms with Gasteiger partial charge in [-0.15, -0.1) is 0 Å². The summed E-state index contributed by atoms with van der Waals surface area (Å²) in [4.78, 5) is 2.57. The number of hydrogen-bond donors (Lipinski definition) is 2. The molecule has 2 bridgehead atoms. The van der Waals surface area contributed by atoms with Crippen molar-refractivity contribution in [3.05, 3.63) is 93.9 Å². The first-order chi connectivity index (χ1) is 19.4. The highest BCUT2D eigenvalue weighted by molar-refractivity contribution is 5.89. The standard InChI is InChI=1S/C34H33FN2O3/c1-19-3-2-4-24-25-16-34(39)27-15-22-9-12-26(38)31-28(22)33(34,13-14-36(27)17-20-5-6-20)32(40-31)30(25)37(29(19)24)18-21-7-10-23(35)11-8-21/h2-4,7-12,20,27,32,38-39H,5-6,13-18H2,1H3/t27-,32+,33+,34-/m1/s1. The lowest BCUT2D eigenvalue weighted by molar-refractivity contribution is -0.173. The summed E-state index contributed by atoms with van der Waals surface area (Å²) in [7, 11) is 0.